The lowest BCUT2D eigenvalue weighted by Gasteiger charge is -2.24. The maximum atomic E-state index is 12.6. The van der Waals surface area contributed by atoms with E-state index in [-0.39, 0.29) is 17.6 Å². The van der Waals surface area contributed by atoms with Gasteiger partial charge in [0.25, 0.3) is 0 Å². The number of aliphatic carboxylic acids is 1. The molecule has 3 N–H and O–H groups in total. The lowest BCUT2D eigenvalue weighted by Crippen LogP contribution is -2.34. The van der Waals surface area contributed by atoms with E-state index >= 15 is 0 Å². The Morgan fingerprint density at radius 2 is 1.97 bits per heavy atom. The predicted molar refractivity (Wildman–Crippen MR) is 114 cm³/mol. The number of benzene rings is 1. The number of carboxylic acid groups (broad SMARTS) is 1. The van der Waals surface area contributed by atoms with Gasteiger partial charge in [-0.15, -0.1) is 23.1 Å². The molecular formula is C20H21N3O4S2. The van der Waals surface area contributed by atoms with E-state index in [1.807, 2.05) is 24.4 Å². The topological polar surface area (TPSA) is 108 Å². The summed E-state index contributed by atoms with van der Waals surface area (Å²) in [6.07, 6.45) is 4.42. The molecule has 0 saturated carbocycles. The van der Waals surface area contributed by atoms with Gasteiger partial charge in [-0.2, -0.15) is 0 Å². The van der Waals surface area contributed by atoms with E-state index in [2.05, 4.69) is 15.6 Å². The molecule has 1 aromatic carbocycles. The van der Waals surface area contributed by atoms with Gasteiger partial charge in [-0.1, -0.05) is 18.2 Å². The van der Waals surface area contributed by atoms with E-state index in [9.17, 15) is 19.5 Å². The average molecular weight is 432 g/mol. The number of carbonyl (C=O) groups excluding carboxylic acids is 2. The van der Waals surface area contributed by atoms with Crippen molar-refractivity contribution < 1.29 is 19.5 Å². The molecule has 1 aliphatic rings. The summed E-state index contributed by atoms with van der Waals surface area (Å²) >= 11 is 2.72. The zero-order valence-corrected chi connectivity index (χ0v) is 17.4. The summed E-state index contributed by atoms with van der Waals surface area (Å²) in [6, 6.07) is 7.16. The van der Waals surface area contributed by atoms with Crippen LogP contribution in [0.25, 0.3) is 0 Å². The number of nitrogens with zero attached hydrogens (tertiary/aromatic N) is 1. The number of rotatable bonds is 7. The van der Waals surface area contributed by atoms with Gasteiger partial charge in [0.05, 0.1) is 23.3 Å². The Kier molecular flexibility index (Phi) is 7.05. The minimum Gasteiger partial charge on any atom is -0.481 e. The second kappa shape index (κ2) is 9.71. The lowest BCUT2D eigenvalue weighted by molar-refractivity contribution is -0.146. The Hall–Kier alpha value is -2.65. The molecule has 9 heteroatoms. The van der Waals surface area contributed by atoms with Crippen LogP contribution in [0.2, 0.25) is 0 Å². The van der Waals surface area contributed by atoms with Crippen LogP contribution in [-0.2, 0) is 14.4 Å². The summed E-state index contributed by atoms with van der Waals surface area (Å²) in [5.41, 5.74) is 1.44. The van der Waals surface area contributed by atoms with Crippen LogP contribution >= 0.6 is 23.1 Å². The second-order valence-corrected chi connectivity index (χ2v) is 8.55. The van der Waals surface area contributed by atoms with E-state index in [0.717, 1.165) is 10.6 Å². The van der Waals surface area contributed by atoms with Crippen molar-refractivity contribution >= 4 is 51.7 Å². The zero-order chi connectivity index (χ0) is 20.8. The van der Waals surface area contributed by atoms with Crippen molar-refractivity contribution in [2.75, 3.05) is 16.4 Å². The highest BCUT2D eigenvalue weighted by Gasteiger charge is 2.33. The van der Waals surface area contributed by atoms with E-state index in [1.165, 1.54) is 23.1 Å². The molecule has 29 heavy (non-hydrogen) atoms. The van der Waals surface area contributed by atoms with Crippen molar-refractivity contribution in [3.63, 3.8) is 0 Å². The highest BCUT2D eigenvalue weighted by Crippen LogP contribution is 2.28. The first-order valence-corrected chi connectivity index (χ1v) is 10.9. The summed E-state index contributed by atoms with van der Waals surface area (Å²) in [5.74, 6) is -2.51. The lowest BCUT2D eigenvalue weighted by atomic mass is 9.82. The Morgan fingerprint density at radius 1 is 1.21 bits per heavy atom. The molecular weight excluding hydrogens is 410 g/mol. The first-order valence-electron chi connectivity index (χ1n) is 9.06. The van der Waals surface area contributed by atoms with E-state index in [0.29, 0.717) is 23.7 Å². The number of anilines is 2. The van der Waals surface area contributed by atoms with Crippen LogP contribution in [0.1, 0.15) is 18.5 Å². The molecule has 2 unspecified atom stereocenters. The predicted octanol–water partition coefficient (Wildman–Crippen LogP) is 3.79. The molecule has 0 bridgehead atoms. The van der Waals surface area contributed by atoms with Crippen LogP contribution in [0.15, 0.2) is 46.7 Å². The van der Waals surface area contributed by atoms with Gasteiger partial charge in [-0.3, -0.25) is 14.4 Å². The number of aromatic nitrogens is 1. The Labute approximate surface area is 176 Å². The first kappa shape index (κ1) is 21.1. The molecule has 0 spiro atoms. The fourth-order valence-electron chi connectivity index (χ4n) is 2.99. The van der Waals surface area contributed by atoms with Crippen LogP contribution in [0.4, 0.5) is 10.8 Å². The normalized spacial score (nSPS) is 18.2. The summed E-state index contributed by atoms with van der Waals surface area (Å²) in [7, 11) is 0. The monoisotopic (exact) mass is 431 g/mol. The van der Waals surface area contributed by atoms with Gasteiger partial charge in [0.2, 0.25) is 11.8 Å². The van der Waals surface area contributed by atoms with Crippen LogP contribution in [0.5, 0.6) is 0 Å². The van der Waals surface area contributed by atoms with Crippen LogP contribution in [-0.4, -0.2) is 33.6 Å². The summed E-state index contributed by atoms with van der Waals surface area (Å²) < 4.78 is 0. The Bertz CT molecular complexity index is 941. The minimum atomic E-state index is -0.958. The second-order valence-electron chi connectivity index (χ2n) is 6.64. The summed E-state index contributed by atoms with van der Waals surface area (Å²) in [5, 5.41) is 17.3. The fraction of sp³-hybridized carbons (Fsp3) is 0.300. The number of allylic oxidation sites excluding steroid dienone is 2. The number of nitrogens with one attached hydrogen (secondary N) is 2. The third-order valence-corrected chi connectivity index (χ3v) is 6.29. The SMILES string of the molecule is Cc1csc(NC(=O)CSc2cccc(NC(=O)C3CC=CCC3C(=O)O)c2)n1. The van der Waals surface area contributed by atoms with Gasteiger partial charge < -0.3 is 15.7 Å². The standard InChI is InChI=1S/C20H21N3O4S2/c1-12-10-29-20(21-12)23-17(24)11-28-14-6-4-5-13(9-14)22-18(25)15-7-2-3-8-16(15)19(26)27/h2-6,9-10,15-16H,7-8,11H2,1H3,(H,22,25)(H,26,27)(H,21,23,24). The molecule has 0 radical (unpaired) electrons. The van der Waals surface area contributed by atoms with Gasteiger partial charge in [0.1, 0.15) is 0 Å². The quantitative estimate of drug-likeness (QED) is 0.455. The molecule has 152 valence electrons. The summed E-state index contributed by atoms with van der Waals surface area (Å²) in [4.78, 5) is 41.1. The molecule has 1 aromatic heterocycles. The molecule has 1 aliphatic carbocycles. The van der Waals surface area contributed by atoms with Gasteiger partial charge in [0, 0.05) is 16.0 Å². The third kappa shape index (κ3) is 5.91. The van der Waals surface area contributed by atoms with Crippen molar-refractivity contribution in [1.29, 1.82) is 0 Å². The third-order valence-electron chi connectivity index (χ3n) is 4.42. The van der Waals surface area contributed by atoms with E-state index in [4.69, 9.17) is 0 Å². The molecule has 2 aromatic rings. The van der Waals surface area contributed by atoms with E-state index < -0.39 is 17.8 Å². The van der Waals surface area contributed by atoms with Gasteiger partial charge >= 0.3 is 5.97 Å². The first-order chi connectivity index (χ1) is 13.9. The highest BCUT2D eigenvalue weighted by molar-refractivity contribution is 8.00. The van der Waals surface area contributed by atoms with Crippen molar-refractivity contribution in [2.24, 2.45) is 11.8 Å². The summed E-state index contributed by atoms with van der Waals surface area (Å²) in [6.45, 7) is 1.86. The highest BCUT2D eigenvalue weighted by atomic mass is 32.2. The molecule has 7 nitrogen and oxygen atoms in total. The Morgan fingerprint density at radius 3 is 2.66 bits per heavy atom. The number of aryl methyl sites for hydroxylation is 1. The number of carbonyl (C=O) groups is 3. The number of thiazole rings is 1. The maximum Gasteiger partial charge on any atom is 0.307 e. The number of amides is 2. The molecule has 0 fully saturated rings. The number of hydrogen-bond acceptors (Lipinski definition) is 6. The van der Waals surface area contributed by atoms with Crippen molar-refractivity contribution in [1.82, 2.24) is 4.98 Å². The number of carboxylic acids is 1. The van der Waals surface area contributed by atoms with Crippen molar-refractivity contribution in [2.45, 2.75) is 24.7 Å². The van der Waals surface area contributed by atoms with Crippen molar-refractivity contribution in [3.05, 3.63) is 47.5 Å². The van der Waals surface area contributed by atoms with Gasteiger partial charge in [0.15, 0.2) is 5.13 Å². The molecule has 2 amide bonds. The number of hydrogen-bond donors (Lipinski definition) is 3. The van der Waals surface area contributed by atoms with Crippen LogP contribution < -0.4 is 10.6 Å². The zero-order valence-electron chi connectivity index (χ0n) is 15.8. The maximum absolute atomic E-state index is 12.6. The molecule has 0 saturated heterocycles. The molecule has 3 rings (SSSR count). The fourth-order valence-corrected chi connectivity index (χ4v) is 4.45. The average Bonchev–Trinajstić information content (AvgIpc) is 3.11. The molecule has 1 heterocycles. The van der Waals surface area contributed by atoms with Crippen LogP contribution in [0, 0.1) is 18.8 Å². The van der Waals surface area contributed by atoms with Crippen molar-refractivity contribution in [3.8, 4) is 0 Å². The van der Waals surface area contributed by atoms with Crippen LogP contribution in [0.3, 0.4) is 0 Å². The van der Waals surface area contributed by atoms with E-state index in [1.54, 1.807) is 24.3 Å². The molecule has 0 aliphatic heterocycles. The number of thioether (sulfide) groups is 1. The Balaban J connectivity index is 1.56. The minimum absolute atomic E-state index is 0.155. The molecule has 2 atom stereocenters. The van der Waals surface area contributed by atoms with Gasteiger partial charge in [-0.25, -0.2) is 4.98 Å². The smallest absolute Gasteiger partial charge is 0.307 e. The largest absolute Gasteiger partial charge is 0.481 e. The van der Waals surface area contributed by atoms with Gasteiger partial charge in [-0.05, 0) is 38.0 Å².